The SMILES string of the molecule is CC(C)n1ncc(Cl)c1C(=O)CC(C)C(C)(C)C. The lowest BCUT2D eigenvalue weighted by Crippen LogP contribution is -2.22. The van der Waals surface area contributed by atoms with Crippen molar-refractivity contribution < 1.29 is 4.79 Å². The summed E-state index contributed by atoms with van der Waals surface area (Å²) in [5, 5.41) is 4.62. The van der Waals surface area contributed by atoms with Crippen LogP contribution in [0.5, 0.6) is 0 Å². The van der Waals surface area contributed by atoms with E-state index >= 15 is 0 Å². The van der Waals surface area contributed by atoms with Crippen molar-refractivity contribution in [1.82, 2.24) is 9.78 Å². The zero-order valence-electron chi connectivity index (χ0n) is 12.1. The van der Waals surface area contributed by atoms with Crippen LogP contribution in [0, 0.1) is 11.3 Å². The van der Waals surface area contributed by atoms with E-state index in [0.717, 1.165) is 0 Å². The maximum atomic E-state index is 12.4. The monoisotopic (exact) mass is 270 g/mol. The van der Waals surface area contributed by atoms with Crippen molar-refractivity contribution >= 4 is 17.4 Å². The third-order valence-electron chi connectivity index (χ3n) is 3.47. The predicted molar refractivity (Wildman–Crippen MR) is 75.2 cm³/mol. The number of aromatic nitrogens is 2. The fourth-order valence-electron chi connectivity index (χ4n) is 1.67. The van der Waals surface area contributed by atoms with Gasteiger partial charge in [0.2, 0.25) is 0 Å². The van der Waals surface area contributed by atoms with E-state index in [0.29, 0.717) is 23.1 Å². The van der Waals surface area contributed by atoms with Crippen molar-refractivity contribution in [1.29, 1.82) is 0 Å². The molecule has 0 fully saturated rings. The quantitative estimate of drug-likeness (QED) is 0.762. The predicted octanol–water partition coefficient (Wildman–Crippen LogP) is 4.37. The fourth-order valence-corrected chi connectivity index (χ4v) is 1.91. The molecule has 1 aromatic rings. The molecule has 0 N–H and O–H groups in total. The molecule has 0 bridgehead atoms. The minimum Gasteiger partial charge on any atom is -0.292 e. The number of nitrogens with zero attached hydrogens (tertiary/aromatic N) is 2. The van der Waals surface area contributed by atoms with Crippen LogP contribution in [0.1, 0.15) is 64.5 Å². The number of carbonyl (C=O) groups is 1. The maximum Gasteiger partial charge on any atom is 0.182 e. The average molecular weight is 271 g/mol. The van der Waals surface area contributed by atoms with Gasteiger partial charge in [-0.25, -0.2) is 0 Å². The zero-order chi connectivity index (χ0) is 14.1. The molecule has 0 saturated heterocycles. The minimum atomic E-state index is 0.0774. The summed E-state index contributed by atoms with van der Waals surface area (Å²) in [7, 11) is 0. The van der Waals surface area contributed by atoms with E-state index in [9.17, 15) is 4.79 Å². The molecule has 0 aromatic carbocycles. The number of rotatable bonds is 4. The molecule has 0 amide bonds. The van der Waals surface area contributed by atoms with Gasteiger partial charge in [-0.2, -0.15) is 5.10 Å². The topological polar surface area (TPSA) is 34.9 Å². The largest absolute Gasteiger partial charge is 0.292 e. The molecule has 102 valence electrons. The van der Waals surface area contributed by atoms with Crippen LogP contribution in [-0.2, 0) is 0 Å². The highest BCUT2D eigenvalue weighted by atomic mass is 35.5. The van der Waals surface area contributed by atoms with Crippen molar-refractivity contribution in [3.8, 4) is 0 Å². The number of Topliss-reactive ketones (excluding diaryl/α,β-unsaturated/α-hetero) is 1. The van der Waals surface area contributed by atoms with Gasteiger partial charge in [-0.15, -0.1) is 0 Å². The van der Waals surface area contributed by atoms with Crippen LogP contribution in [0.4, 0.5) is 0 Å². The molecule has 1 aromatic heterocycles. The van der Waals surface area contributed by atoms with Crippen LogP contribution >= 0.6 is 11.6 Å². The Hall–Kier alpha value is -0.830. The molecule has 0 aliphatic heterocycles. The standard InChI is InChI=1S/C14H23ClN2O/c1-9(2)17-13(11(15)8-16-17)12(18)7-10(3)14(4,5)6/h8-10H,7H2,1-6H3. The van der Waals surface area contributed by atoms with E-state index in [2.05, 4.69) is 32.8 Å². The Bertz CT molecular complexity index is 429. The molecule has 0 spiro atoms. The van der Waals surface area contributed by atoms with Crippen LogP contribution in [0.15, 0.2) is 6.20 Å². The first kappa shape index (κ1) is 15.2. The second-order valence-corrected chi connectivity index (χ2v) is 6.68. The Morgan fingerprint density at radius 2 is 1.94 bits per heavy atom. The Morgan fingerprint density at radius 1 is 1.39 bits per heavy atom. The molecule has 18 heavy (non-hydrogen) atoms. The second kappa shape index (κ2) is 5.43. The number of hydrogen-bond donors (Lipinski definition) is 0. The van der Waals surface area contributed by atoms with E-state index in [1.54, 1.807) is 10.9 Å². The maximum absolute atomic E-state index is 12.4. The summed E-state index contributed by atoms with van der Waals surface area (Å²) in [6, 6.07) is 0.140. The van der Waals surface area contributed by atoms with E-state index in [1.807, 2.05) is 13.8 Å². The van der Waals surface area contributed by atoms with Gasteiger partial charge in [-0.05, 0) is 25.2 Å². The smallest absolute Gasteiger partial charge is 0.182 e. The Labute approximate surface area is 115 Å². The van der Waals surface area contributed by atoms with E-state index < -0.39 is 0 Å². The van der Waals surface area contributed by atoms with Gasteiger partial charge < -0.3 is 0 Å². The van der Waals surface area contributed by atoms with Crippen molar-refractivity contribution in [2.24, 2.45) is 11.3 Å². The van der Waals surface area contributed by atoms with Gasteiger partial charge in [0.15, 0.2) is 5.78 Å². The van der Waals surface area contributed by atoms with Crippen molar-refractivity contribution in [3.05, 3.63) is 16.9 Å². The van der Waals surface area contributed by atoms with Crippen LogP contribution in [0.25, 0.3) is 0 Å². The van der Waals surface area contributed by atoms with Gasteiger partial charge in [-0.3, -0.25) is 9.48 Å². The number of carbonyl (C=O) groups excluding carboxylic acids is 1. The summed E-state index contributed by atoms with van der Waals surface area (Å²) >= 11 is 6.08. The van der Waals surface area contributed by atoms with E-state index in [-0.39, 0.29) is 17.2 Å². The lowest BCUT2D eigenvalue weighted by Gasteiger charge is -2.26. The van der Waals surface area contributed by atoms with Gasteiger partial charge in [0.25, 0.3) is 0 Å². The molecule has 1 heterocycles. The van der Waals surface area contributed by atoms with E-state index in [1.165, 1.54) is 0 Å². The zero-order valence-corrected chi connectivity index (χ0v) is 12.9. The first-order chi connectivity index (χ1) is 8.14. The number of ketones is 1. The highest BCUT2D eigenvalue weighted by Crippen LogP contribution is 2.30. The molecule has 1 atom stereocenters. The first-order valence-electron chi connectivity index (χ1n) is 6.40. The molecule has 0 radical (unpaired) electrons. The summed E-state index contributed by atoms with van der Waals surface area (Å²) in [5.74, 6) is 0.380. The molecule has 3 nitrogen and oxygen atoms in total. The summed E-state index contributed by atoms with van der Waals surface area (Å²) in [5.41, 5.74) is 0.660. The lowest BCUT2D eigenvalue weighted by atomic mass is 9.79. The van der Waals surface area contributed by atoms with Crippen molar-refractivity contribution in [2.75, 3.05) is 0 Å². The van der Waals surface area contributed by atoms with Crippen molar-refractivity contribution in [3.63, 3.8) is 0 Å². The summed E-state index contributed by atoms with van der Waals surface area (Å²) in [4.78, 5) is 12.4. The minimum absolute atomic E-state index is 0.0774. The molecule has 1 unspecified atom stereocenters. The second-order valence-electron chi connectivity index (χ2n) is 6.27. The molecule has 0 saturated carbocycles. The lowest BCUT2D eigenvalue weighted by molar-refractivity contribution is 0.0915. The van der Waals surface area contributed by atoms with Gasteiger partial charge in [0.05, 0.1) is 11.2 Å². The summed E-state index contributed by atoms with van der Waals surface area (Å²) < 4.78 is 1.71. The highest BCUT2D eigenvalue weighted by Gasteiger charge is 2.26. The number of halogens is 1. The van der Waals surface area contributed by atoms with Gasteiger partial charge in [0.1, 0.15) is 5.69 Å². The van der Waals surface area contributed by atoms with Crippen LogP contribution in [-0.4, -0.2) is 15.6 Å². The first-order valence-corrected chi connectivity index (χ1v) is 6.78. The normalized spacial score (nSPS) is 14.0. The summed E-state index contributed by atoms with van der Waals surface area (Å²) in [6.07, 6.45) is 2.05. The van der Waals surface area contributed by atoms with Crippen LogP contribution in [0.3, 0.4) is 0 Å². The van der Waals surface area contributed by atoms with Gasteiger partial charge in [-0.1, -0.05) is 39.3 Å². The Morgan fingerprint density at radius 3 is 2.39 bits per heavy atom. The number of hydrogen-bond acceptors (Lipinski definition) is 2. The van der Waals surface area contributed by atoms with Crippen molar-refractivity contribution in [2.45, 2.75) is 54.0 Å². The highest BCUT2D eigenvalue weighted by molar-refractivity contribution is 6.33. The molecular formula is C14H23ClN2O. The van der Waals surface area contributed by atoms with Crippen LogP contribution in [0.2, 0.25) is 5.02 Å². The molecule has 0 aliphatic rings. The summed E-state index contributed by atoms with van der Waals surface area (Å²) in [6.45, 7) is 12.5. The van der Waals surface area contributed by atoms with E-state index in [4.69, 9.17) is 11.6 Å². The Balaban J connectivity index is 2.95. The Kier molecular flexibility index (Phi) is 4.60. The third kappa shape index (κ3) is 3.35. The van der Waals surface area contributed by atoms with Gasteiger partial charge in [0, 0.05) is 12.5 Å². The fraction of sp³-hybridized carbons (Fsp3) is 0.714. The molecule has 1 rings (SSSR count). The third-order valence-corrected chi connectivity index (χ3v) is 3.75. The molecule has 4 heteroatoms. The average Bonchev–Trinajstić information content (AvgIpc) is 2.58. The molecule has 0 aliphatic carbocycles. The van der Waals surface area contributed by atoms with Crippen LogP contribution < -0.4 is 0 Å². The molecular weight excluding hydrogens is 248 g/mol. The van der Waals surface area contributed by atoms with Gasteiger partial charge >= 0.3 is 0 Å².